The Hall–Kier alpha value is -2.60. The molecule has 0 aliphatic heterocycles. The maximum atomic E-state index is 11.4. The topological polar surface area (TPSA) is 94.0 Å². The first-order chi connectivity index (χ1) is 9.63. The molecule has 2 aromatic carbocycles. The molecule has 0 atom stereocenters. The molecule has 3 aromatic rings. The zero-order valence-electron chi connectivity index (χ0n) is 10.5. The highest BCUT2D eigenvalue weighted by atomic mass is 32.1. The van der Waals surface area contributed by atoms with Gasteiger partial charge in [0.25, 0.3) is 5.91 Å². The van der Waals surface area contributed by atoms with E-state index in [1.165, 1.54) is 11.3 Å². The van der Waals surface area contributed by atoms with Crippen molar-refractivity contribution in [1.29, 1.82) is 0 Å². The van der Waals surface area contributed by atoms with Crippen LogP contribution in [0.4, 0.5) is 16.5 Å². The molecule has 0 unspecified atom stereocenters. The first-order valence-electron chi connectivity index (χ1n) is 5.95. The highest BCUT2D eigenvalue weighted by Crippen LogP contribution is 2.29. The van der Waals surface area contributed by atoms with Gasteiger partial charge in [-0.25, -0.2) is 4.98 Å². The molecule has 6 heteroatoms. The Bertz CT molecular complexity index is 764. The molecule has 0 bridgehead atoms. The fraction of sp³-hybridized carbons (Fsp3) is 0. The lowest BCUT2D eigenvalue weighted by Crippen LogP contribution is -2.13. The molecule has 3 rings (SSSR count). The van der Waals surface area contributed by atoms with E-state index in [1.807, 2.05) is 24.3 Å². The van der Waals surface area contributed by atoms with Crippen LogP contribution in [0.1, 0.15) is 10.4 Å². The van der Waals surface area contributed by atoms with Crippen LogP contribution in [0.15, 0.2) is 42.5 Å². The van der Waals surface area contributed by atoms with Gasteiger partial charge in [0.05, 0.1) is 21.5 Å². The monoisotopic (exact) mass is 284 g/mol. The Balaban J connectivity index is 2.00. The number of aromatic nitrogens is 1. The second-order valence-electron chi connectivity index (χ2n) is 4.28. The van der Waals surface area contributed by atoms with Gasteiger partial charge >= 0.3 is 0 Å². The number of para-hydroxylation sites is 1. The van der Waals surface area contributed by atoms with Crippen LogP contribution in [0.25, 0.3) is 10.2 Å². The summed E-state index contributed by atoms with van der Waals surface area (Å²) in [6.45, 7) is 0. The van der Waals surface area contributed by atoms with E-state index in [4.69, 9.17) is 11.5 Å². The summed E-state index contributed by atoms with van der Waals surface area (Å²) in [6, 6.07) is 12.8. The standard InChI is InChI=1S/C14H12N4OS/c15-8-5-6-10(9(7-8)13(16)19)17-14-18-11-3-1-2-4-12(11)20-14/h1-7H,15H2,(H2,16,19)(H,17,18). The summed E-state index contributed by atoms with van der Waals surface area (Å²) < 4.78 is 1.08. The number of benzene rings is 2. The maximum Gasteiger partial charge on any atom is 0.250 e. The van der Waals surface area contributed by atoms with E-state index in [0.29, 0.717) is 22.1 Å². The average Bonchev–Trinajstić information content (AvgIpc) is 2.82. The first kappa shape index (κ1) is 12.4. The predicted molar refractivity (Wildman–Crippen MR) is 82.3 cm³/mol. The van der Waals surface area contributed by atoms with Gasteiger partial charge in [-0.15, -0.1) is 0 Å². The predicted octanol–water partition coefficient (Wildman–Crippen LogP) is 2.72. The summed E-state index contributed by atoms with van der Waals surface area (Å²) in [5.74, 6) is -0.527. The van der Waals surface area contributed by atoms with Crippen LogP contribution in [0, 0.1) is 0 Å². The van der Waals surface area contributed by atoms with Crippen LogP contribution in [-0.4, -0.2) is 10.9 Å². The number of nitrogen functional groups attached to an aromatic ring is 1. The molecule has 0 saturated carbocycles. The maximum absolute atomic E-state index is 11.4. The van der Waals surface area contributed by atoms with E-state index in [9.17, 15) is 4.79 Å². The fourth-order valence-electron chi connectivity index (χ4n) is 1.92. The van der Waals surface area contributed by atoms with Crippen molar-refractivity contribution in [3.05, 3.63) is 48.0 Å². The van der Waals surface area contributed by atoms with Crippen molar-refractivity contribution < 1.29 is 4.79 Å². The number of carbonyl (C=O) groups is 1. The molecular formula is C14H12N4OS. The number of carbonyl (C=O) groups excluding carboxylic acids is 1. The van der Waals surface area contributed by atoms with Gasteiger partial charge < -0.3 is 16.8 Å². The van der Waals surface area contributed by atoms with Gasteiger partial charge in [-0.05, 0) is 30.3 Å². The van der Waals surface area contributed by atoms with Crippen molar-refractivity contribution >= 4 is 44.0 Å². The molecule has 100 valence electrons. The Kier molecular flexibility index (Phi) is 3.00. The van der Waals surface area contributed by atoms with E-state index in [0.717, 1.165) is 10.2 Å². The van der Waals surface area contributed by atoms with Crippen LogP contribution in [0.5, 0.6) is 0 Å². The molecule has 0 spiro atoms. The summed E-state index contributed by atoms with van der Waals surface area (Å²) in [5, 5.41) is 3.83. The SMILES string of the molecule is NC(=O)c1cc(N)ccc1Nc1nc2ccccc2s1. The quantitative estimate of drug-likeness (QED) is 0.644. The number of nitrogens with two attached hydrogens (primary N) is 2. The lowest BCUT2D eigenvalue weighted by Gasteiger charge is -2.08. The number of primary amides is 1. The number of thiazole rings is 1. The second kappa shape index (κ2) is 4.82. The van der Waals surface area contributed by atoms with Crippen LogP contribution in [-0.2, 0) is 0 Å². The van der Waals surface area contributed by atoms with Gasteiger partial charge in [0.15, 0.2) is 5.13 Å². The zero-order chi connectivity index (χ0) is 14.1. The summed E-state index contributed by atoms with van der Waals surface area (Å²) in [5.41, 5.74) is 13.4. The molecule has 0 radical (unpaired) electrons. The van der Waals surface area contributed by atoms with Crippen molar-refractivity contribution in [3.63, 3.8) is 0 Å². The number of fused-ring (bicyclic) bond motifs is 1. The number of nitrogens with zero attached hydrogens (tertiary/aromatic N) is 1. The molecule has 0 saturated heterocycles. The van der Waals surface area contributed by atoms with Gasteiger partial charge in [0.2, 0.25) is 0 Å². The molecular weight excluding hydrogens is 272 g/mol. The van der Waals surface area contributed by atoms with E-state index in [2.05, 4.69) is 10.3 Å². The number of hydrogen-bond donors (Lipinski definition) is 3. The fourth-order valence-corrected chi connectivity index (χ4v) is 2.79. The highest BCUT2D eigenvalue weighted by molar-refractivity contribution is 7.22. The molecule has 5 nitrogen and oxygen atoms in total. The smallest absolute Gasteiger partial charge is 0.250 e. The molecule has 0 aliphatic carbocycles. The Morgan fingerprint density at radius 3 is 2.75 bits per heavy atom. The summed E-state index contributed by atoms with van der Waals surface area (Å²) in [6.07, 6.45) is 0. The van der Waals surface area contributed by atoms with Crippen LogP contribution >= 0.6 is 11.3 Å². The minimum absolute atomic E-state index is 0.351. The lowest BCUT2D eigenvalue weighted by atomic mass is 10.1. The minimum Gasteiger partial charge on any atom is -0.399 e. The third-order valence-corrected chi connectivity index (χ3v) is 3.80. The number of amides is 1. The van der Waals surface area contributed by atoms with Gasteiger partial charge in [0.1, 0.15) is 0 Å². The normalized spacial score (nSPS) is 10.6. The highest BCUT2D eigenvalue weighted by Gasteiger charge is 2.11. The van der Waals surface area contributed by atoms with E-state index < -0.39 is 5.91 Å². The van der Waals surface area contributed by atoms with Crippen molar-refractivity contribution in [1.82, 2.24) is 4.98 Å². The molecule has 1 heterocycles. The number of hydrogen-bond acceptors (Lipinski definition) is 5. The average molecular weight is 284 g/mol. The van der Waals surface area contributed by atoms with Gasteiger partial charge in [-0.1, -0.05) is 23.5 Å². The summed E-state index contributed by atoms with van der Waals surface area (Å²) in [4.78, 5) is 15.9. The Morgan fingerprint density at radius 1 is 1.20 bits per heavy atom. The Morgan fingerprint density at radius 2 is 2.00 bits per heavy atom. The summed E-state index contributed by atoms with van der Waals surface area (Å²) in [7, 11) is 0. The van der Waals surface area contributed by atoms with Crippen LogP contribution in [0.3, 0.4) is 0 Å². The lowest BCUT2D eigenvalue weighted by molar-refractivity contribution is 0.100. The van der Waals surface area contributed by atoms with Crippen molar-refractivity contribution in [3.8, 4) is 0 Å². The number of rotatable bonds is 3. The second-order valence-corrected chi connectivity index (χ2v) is 5.31. The molecule has 5 N–H and O–H groups in total. The van der Waals surface area contributed by atoms with Gasteiger partial charge in [-0.3, -0.25) is 4.79 Å². The Labute approximate surface area is 119 Å². The van der Waals surface area contributed by atoms with Crippen LogP contribution < -0.4 is 16.8 Å². The van der Waals surface area contributed by atoms with Gasteiger partial charge in [-0.2, -0.15) is 0 Å². The van der Waals surface area contributed by atoms with Gasteiger partial charge in [0, 0.05) is 5.69 Å². The summed E-state index contributed by atoms with van der Waals surface area (Å²) >= 11 is 1.51. The third-order valence-electron chi connectivity index (χ3n) is 2.84. The van der Waals surface area contributed by atoms with Crippen molar-refractivity contribution in [2.24, 2.45) is 5.73 Å². The molecule has 20 heavy (non-hydrogen) atoms. The largest absolute Gasteiger partial charge is 0.399 e. The number of anilines is 3. The zero-order valence-corrected chi connectivity index (χ0v) is 11.3. The van der Waals surface area contributed by atoms with Crippen molar-refractivity contribution in [2.75, 3.05) is 11.1 Å². The van der Waals surface area contributed by atoms with Crippen molar-refractivity contribution in [2.45, 2.75) is 0 Å². The van der Waals surface area contributed by atoms with E-state index in [1.54, 1.807) is 18.2 Å². The van der Waals surface area contributed by atoms with E-state index in [-0.39, 0.29) is 0 Å². The first-order valence-corrected chi connectivity index (χ1v) is 6.77. The molecule has 1 aromatic heterocycles. The molecule has 0 aliphatic rings. The molecule has 0 fully saturated rings. The third kappa shape index (κ3) is 2.28. The molecule has 1 amide bonds. The number of nitrogens with one attached hydrogen (secondary N) is 1. The van der Waals surface area contributed by atoms with E-state index >= 15 is 0 Å². The minimum atomic E-state index is -0.527. The van der Waals surface area contributed by atoms with Crippen LogP contribution in [0.2, 0.25) is 0 Å².